The molecule has 1 aromatic heterocycles. The fourth-order valence-corrected chi connectivity index (χ4v) is 5.32. The molecule has 1 aliphatic carbocycles. The van der Waals surface area contributed by atoms with Crippen LogP contribution in [0.3, 0.4) is 0 Å². The number of likely N-dealkylation sites (tertiary alicyclic amines) is 1. The molecule has 9 nitrogen and oxygen atoms in total. The maximum Gasteiger partial charge on any atom is 0.410 e. The summed E-state index contributed by atoms with van der Waals surface area (Å²) >= 11 is 0. The van der Waals surface area contributed by atoms with E-state index in [1.54, 1.807) is 23.1 Å². The van der Waals surface area contributed by atoms with Gasteiger partial charge in [-0.15, -0.1) is 0 Å². The molecule has 2 heterocycles. The minimum atomic E-state index is -0.338. The van der Waals surface area contributed by atoms with Crippen LogP contribution >= 0.6 is 0 Å². The third-order valence-electron chi connectivity index (χ3n) is 7.51. The molecule has 5 rings (SSSR count). The van der Waals surface area contributed by atoms with Gasteiger partial charge in [-0.2, -0.15) is 0 Å². The van der Waals surface area contributed by atoms with Crippen LogP contribution in [-0.2, 0) is 14.3 Å². The molecule has 1 saturated heterocycles. The Morgan fingerprint density at radius 3 is 2.55 bits per heavy atom. The lowest BCUT2D eigenvalue weighted by molar-refractivity contribution is -0.123. The van der Waals surface area contributed by atoms with Crippen molar-refractivity contribution in [2.45, 2.75) is 70.5 Å². The molecule has 0 atom stereocenters. The van der Waals surface area contributed by atoms with Crippen molar-refractivity contribution in [3.8, 4) is 11.5 Å². The van der Waals surface area contributed by atoms with Gasteiger partial charge in [0, 0.05) is 30.0 Å². The van der Waals surface area contributed by atoms with Crippen LogP contribution < -0.4 is 11.1 Å². The molecule has 0 spiro atoms. The maximum absolute atomic E-state index is 12.6. The number of piperidine rings is 1. The van der Waals surface area contributed by atoms with Crippen molar-refractivity contribution in [2.75, 3.05) is 30.7 Å². The van der Waals surface area contributed by atoms with Gasteiger partial charge in [-0.3, -0.25) is 4.79 Å². The number of hydrogen-bond donors (Lipinski definition) is 2. The molecule has 2 aromatic carbocycles. The van der Waals surface area contributed by atoms with Gasteiger partial charge in [-0.05, 0) is 94.3 Å². The molecule has 0 unspecified atom stereocenters. The number of nitrogens with two attached hydrogens (primary N) is 1. The number of ether oxygens (including phenoxy) is 2. The lowest BCUT2D eigenvalue weighted by atomic mass is 9.86. The normalized spacial score (nSPS) is 17.9. The minimum Gasteiger partial charge on any atom is -0.443 e. The van der Waals surface area contributed by atoms with E-state index in [0.717, 1.165) is 36.8 Å². The Morgan fingerprint density at radius 2 is 1.84 bits per heavy atom. The van der Waals surface area contributed by atoms with Gasteiger partial charge in [0.2, 0.25) is 11.8 Å². The lowest BCUT2D eigenvalue weighted by Gasteiger charge is -2.37. The van der Waals surface area contributed by atoms with Crippen molar-refractivity contribution < 1.29 is 23.5 Å². The predicted molar refractivity (Wildman–Crippen MR) is 146 cm³/mol. The largest absolute Gasteiger partial charge is 0.443 e. The van der Waals surface area contributed by atoms with Gasteiger partial charge in [0.15, 0.2) is 5.58 Å². The fourth-order valence-electron chi connectivity index (χ4n) is 5.32. The van der Waals surface area contributed by atoms with E-state index in [1.165, 1.54) is 6.42 Å². The Balaban J connectivity index is 1.06. The maximum atomic E-state index is 12.6. The summed E-state index contributed by atoms with van der Waals surface area (Å²) in [6, 6.07) is 11.0. The minimum absolute atomic E-state index is 0.0409. The molecule has 0 bridgehead atoms. The summed E-state index contributed by atoms with van der Waals surface area (Å²) in [6.45, 7) is 5.08. The average Bonchev–Trinajstić information content (AvgIpc) is 3.33. The quantitative estimate of drug-likeness (QED) is 0.402. The second kappa shape index (κ2) is 11.0. The topological polar surface area (TPSA) is 120 Å². The molecule has 1 aliphatic heterocycles. The first kappa shape index (κ1) is 26.0. The first-order chi connectivity index (χ1) is 18.3. The Labute approximate surface area is 222 Å². The molecule has 202 valence electrons. The first-order valence-corrected chi connectivity index (χ1v) is 13.4. The predicted octanol–water partition coefficient (Wildman–Crippen LogP) is 5.66. The van der Waals surface area contributed by atoms with Crippen molar-refractivity contribution >= 4 is 34.5 Å². The van der Waals surface area contributed by atoms with Gasteiger partial charge < -0.3 is 29.8 Å². The third-order valence-corrected chi connectivity index (χ3v) is 7.51. The summed E-state index contributed by atoms with van der Waals surface area (Å²) in [7, 11) is 0. The van der Waals surface area contributed by atoms with Crippen LogP contribution in [0.2, 0.25) is 0 Å². The summed E-state index contributed by atoms with van der Waals surface area (Å²) in [5.41, 5.74) is 10.0. The number of aromatic nitrogens is 1. The van der Waals surface area contributed by atoms with Crippen LogP contribution in [0.1, 0.15) is 57.4 Å². The molecule has 3 N–H and O–H groups in total. The Bertz CT molecular complexity index is 1290. The van der Waals surface area contributed by atoms with Crippen molar-refractivity contribution in [1.82, 2.24) is 9.88 Å². The lowest BCUT2D eigenvalue weighted by Crippen LogP contribution is -2.45. The van der Waals surface area contributed by atoms with Gasteiger partial charge in [-0.25, -0.2) is 9.78 Å². The number of fused-ring (bicyclic) bond motifs is 1. The highest BCUT2D eigenvalue weighted by Gasteiger charge is 2.34. The number of nitrogen functional groups attached to an aromatic ring is 1. The number of anilines is 2. The van der Waals surface area contributed by atoms with E-state index in [9.17, 15) is 9.59 Å². The zero-order valence-corrected chi connectivity index (χ0v) is 22.1. The zero-order valence-electron chi connectivity index (χ0n) is 22.1. The van der Waals surface area contributed by atoms with Crippen LogP contribution in [0.4, 0.5) is 16.2 Å². The number of amides is 2. The molecule has 0 radical (unpaired) electrons. The van der Waals surface area contributed by atoms with E-state index in [-0.39, 0.29) is 30.3 Å². The highest BCUT2D eigenvalue weighted by molar-refractivity contribution is 5.92. The highest BCUT2D eigenvalue weighted by Crippen LogP contribution is 2.32. The van der Waals surface area contributed by atoms with Gasteiger partial charge in [0.1, 0.15) is 17.7 Å². The zero-order chi connectivity index (χ0) is 26.7. The van der Waals surface area contributed by atoms with Crippen LogP contribution in [-0.4, -0.2) is 53.3 Å². The summed E-state index contributed by atoms with van der Waals surface area (Å²) < 4.78 is 17.6. The van der Waals surface area contributed by atoms with E-state index >= 15 is 0 Å². The van der Waals surface area contributed by atoms with Gasteiger partial charge in [-0.1, -0.05) is 6.42 Å². The average molecular weight is 521 g/mol. The van der Waals surface area contributed by atoms with Crippen molar-refractivity contribution in [1.29, 1.82) is 0 Å². The number of carbonyl (C=O) groups is 2. The SMILES string of the molecule is Cc1cc(N)cc2nc(-c3ccc(NC(=O)COC4CCN(C(=O)OC5(C)CCCCC5)CC4)cc3)oc12. The third kappa shape index (κ3) is 6.10. The standard InChI is InChI=1S/C29H36N4O5/c1-19-16-21(30)17-24-26(19)37-27(32-24)20-6-8-22(9-7-20)31-25(34)18-36-23-10-14-33(15-11-23)28(35)38-29(2)12-4-3-5-13-29/h6-9,16-17,23H,3-5,10-15,18,30H2,1-2H3,(H,31,34). The second-order valence-electron chi connectivity index (χ2n) is 10.7. The smallest absolute Gasteiger partial charge is 0.410 e. The molecule has 3 aromatic rings. The summed E-state index contributed by atoms with van der Waals surface area (Å²) in [6.07, 6.45) is 6.38. The number of nitrogens with zero attached hydrogens (tertiary/aromatic N) is 2. The fraction of sp³-hybridized carbons (Fsp3) is 0.483. The van der Waals surface area contributed by atoms with Crippen LogP contribution in [0.15, 0.2) is 40.8 Å². The van der Waals surface area contributed by atoms with Crippen LogP contribution in [0.25, 0.3) is 22.6 Å². The molecule has 2 amide bonds. The first-order valence-electron chi connectivity index (χ1n) is 13.4. The summed E-state index contributed by atoms with van der Waals surface area (Å²) in [5.74, 6) is 0.274. The molecule has 2 aliphatic rings. The van der Waals surface area contributed by atoms with Gasteiger partial charge in [0.25, 0.3) is 0 Å². The molecular formula is C29H36N4O5. The van der Waals surface area contributed by atoms with E-state index in [4.69, 9.17) is 19.6 Å². The number of aryl methyl sites for hydroxylation is 1. The summed E-state index contributed by atoms with van der Waals surface area (Å²) in [5, 5.41) is 2.86. The second-order valence-corrected chi connectivity index (χ2v) is 10.7. The number of carbonyl (C=O) groups excluding carboxylic acids is 2. The number of oxazole rings is 1. The van der Waals surface area contributed by atoms with E-state index < -0.39 is 0 Å². The van der Waals surface area contributed by atoms with E-state index in [2.05, 4.69) is 10.3 Å². The molecule has 38 heavy (non-hydrogen) atoms. The Kier molecular flexibility index (Phi) is 7.56. The van der Waals surface area contributed by atoms with Gasteiger partial charge in [0.05, 0.1) is 6.10 Å². The Hall–Kier alpha value is -3.59. The van der Waals surface area contributed by atoms with Crippen molar-refractivity contribution in [3.63, 3.8) is 0 Å². The monoisotopic (exact) mass is 520 g/mol. The van der Waals surface area contributed by atoms with Crippen molar-refractivity contribution in [2.24, 2.45) is 0 Å². The van der Waals surface area contributed by atoms with E-state index in [0.29, 0.717) is 54.3 Å². The van der Waals surface area contributed by atoms with Crippen LogP contribution in [0, 0.1) is 6.92 Å². The van der Waals surface area contributed by atoms with Gasteiger partial charge >= 0.3 is 6.09 Å². The number of benzene rings is 2. The number of hydrogen-bond acceptors (Lipinski definition) is 7. The van der Waals surface area contributed by atoms with E-state index in [1.807, 2.05) is 32.0 Å². The molecule has 2 fully saturated rings. The number of nitrogens with one attached hydrogen (secondary N) is 1. The molecular weight excluding hydrogens is 484 g/mol. The number of rotatable bonds is 6. The van der Waals surface area contributed by atoms with Crippen LogP contribution in [0.5, 0.6) is 0 Å². The summed E-state index contributed by atoms with van der Waals surface area (Å²) in [4.78, 5) is 31.4. The Morgan fingerprint density at radius 1 is 1.13 bits per heavy atom. The molecule has 9 heteroatoms. The molecule has 1 saturated carbocycles. The highest BCUT2D eigenvalue weighted by atomic mass is 16.6. The van der Waals surface area contributed by atoms with Crippen molar-refractivity contribution in [3.05, 3.63) is 42.0 Å².